The maximum absolute atomic E-state index is 13.2. The van der Waals surface area contributed by atoms with Gasteiger partial charge < -0.3 is 15.0 Å². The summed E-state index contributed by atoms with van der Waals surface area (Å²) in [5.74, 6) is 0.245. The highest BCUT2D eigenvalue weighted by Crippen LogP contribution is 2.34. The Kier molecular flexibility index (Phi) is 8.53. The molecule has 0 aliphatic carbocycles. The second-order valence-electron chi connectivity index (χ2n) is 6.40. The smallest absolute Gasteiger partial charge is 0.416 e. The molecule has 0 spiro atoms. The number of halogens is 3. The first-order chi connectivity index (χ1) is 14.6. The molecule has 0 bridgehead atoms. The van der Waals surface area contributed by atoms with Crippen molar-refractivity contribution in [3.63, 3.8) is 0 Å². The molecule has 0 aromatic heterocycles. The summed E-state index contributed by atoms with van der Waals surface area (Å²) in [6, 6.07) is 4.91. The van der Waals surface area contributed by atoms with Gasteiger partial charge in [-0.15, -0.1) is 12.6 Å². The van der Waals surface area contributed by atoms with Crippen LogP contribution in [0.4, 0.5) is 13.2 Å². The van der Waals surface area contributed by atoms with Gasteiger partial charge in [-0.25, -0.2) is 0 Å². The zero-order valence-electron chi connectivity index (χ0n) is 17.3. The van der Waals surface area contributed by atoms with E-state index in [1.165, 1.54) is 6.07 Å². The number of nitrogens with one attached hydrogen (secondary N) is 4. The zero-order valence-corrected chi connectivity index (χ0v) is 19.0. The average Bonchev–Trinajstić information content (AvgIpc) is 3.12. The van der Waals surface area contributed by atoms with Crippen LogP contribution in [0.3, 0.4) is 0 Å². The molecule has 0 radical (unpaired) electrons. The summed E-state index contributed by atoms with van der Waals surface area (Å²) < 4.78 is 45.4. The number of benzene rings is 1. The molecule has 1 atom stereocenters. The molecule has 1 aliphatic rings. The van der Waals surface area contributed by atoms with Gasteiger partial charge in [-0.3, -0.25) is 16.2 Å². The lowest BCUT2D eigenvalue weighted by atomic mass is 10.0. The van der Waals surface area contributed by atoms with Gasteiger partial charge in [0, 0.05) is 19.7 Å². The largest absolute Gasteiger partial charge is 0.470 e. The van der Waals surface area contributed by atoms with E-state index in [1.807, 2.05) is 0 Å². The van der Waals surface area contributed by atoms with E-state index in [0.717, 1.165) is 12.1 Å². The predicted molar refractivity (Wildman–Crippen MR) is 122 cm³/mol. The molecule has 1 aromatic carbocycles. The molecule has 170 valence electrons. The minimum atomic E-state index is -4.48. The summed E-state index contributed by atoms with van der Waals surface area (Å²) in [5, 5.41) is 14.4. The van der Waals surface area contributed by atoms with E-state index in [2.05, 4.69) is 44.3 Å². The minimum Gasteiger partial charge on any atom is -0.470 e. The van der Waals surface area contributed by atoms with Crippen molar-refractivity contribution in [2.24, 2.45) is 10.2 Å². The minimum absolute atomic E-state index is 0.128. The number of thiocarbonyl (C=S) groups is 1. The molecule has 0 amide bonds. The van der Waals surface area contributed by atoms with Crippen molar-refractivity contribution >= 4 is 47.1 Å². The van der Waals surface area contributed by atoms with Crippen molar-refractivity contribution < 1.29 is 17.9 Å². The second kappa shape index (κ2) is 10.7. The fourth-order valence-electron chi connectivity index (χ4n) is 2.56. The molecule has 8 nitrogen and oxygen atoms in total. The standard InChI is InChI=1S/C18H24F3N7OS2/c1-10(24-26-16(30)22-2)13(25-27-17(31)23-3)14-15(29-9-28(14)4)11-6-5-7-12(8-11)18(19,20)21/h5-8,16,22,26,30H,9H2,1-4H3,(H2,23,27,31)/b24-10+,25-13-. The van der Waals surface area contributed by atoms with Gasteiger partial charge in [0.2, 0.25) is 0 Å². The number of hydrogen-bond donors (Lipinski definition) is 5. The topological polar surface area (TPSA) is 85.3 Å². The Balaban J connectivity index is 2.58. The zero-order chi connectivity index (χ0) is 23.2. The molecule has 2 rings (SSSR count). The second-order valence-corrected chi connectivity index (χ2v) is 7.32. The van der Waals surface area contributed by atoms with Crippen LogP contribution in [0.15, 0.2) is 40.2 Å². The lowest BCUT2D eigenvalue weighted by Crippen LogP contribution is -2.35. The molecular weight excluding hydrogens is 451 g/mol. The summed E-state index contributed by atoms with van der Waals surface area (Å²) in [6.45, 7) is 1.82. The maximum atomic E-state index is 13.2. The van der Waals surface area contributed by atoms with Crippen molar-refractivity contribution in [1.29, 1.82) is 0 Å². The first-order valence-electron chi connectivity index (χ1n) is 9.05. The quantitative estimate of drug-likeness (QED) is 0.136. The number of hydrogen-bond acceptors (Lipinski definition) is 8. The third-order valence-electron chi connectivity index (χ3n) is 4.14. The van der Waals surface area contributed by atoms with Crippen molar-refractivity contribution in [3.05, 3.63) is 41.1 Å². The molecule has 1 unspecified atom stereocenters. The van der Waals surface area contributed by atoms with E-state index in [1.54, 1.807) is 39.0 Å². The highest BCUT2D eigenvalue weighted by atomic mass is 32.1. The van der Waals surface area contributed by atoms with Crippen LogP contribution in [-0.4, -0.2) is 54.8 Å². The molecular formula is C18H24F3N7OS2. The van der Waals surface area contributed by atoms with Crippen LogP contribution in [0.5, 0.6) is 0 Å². The molecule has 1 aliphatic heterocycles. The highest BCUT2D eigenvalue weighted by molar-refractivity contribution is 7.80. The Hall–Kier alpha value is -2.51. The molecule has 0 fully saturated rings. The van der Waals surface area contributed by atoms with Crippen LogP contribution in [0.1, 0.15) is 18.1 Å². The number of rotatable bonds is 7. The Morgan fingerprint density at radius 2 is 2.00 bits per heavy atom. The van der Waals surface area contributed by atoms with Gasteiger partial charge in [-0.1, -0.05) is 12.1 Å². The van der Waals surface area contributed by atoms with Gasteiger partial charge in [0.15, 0.2) is 17.6 Å². The van der Waals surface area contributed by atoms with Crippen LogP contribution in [0.2, 0.25) is 0 Å². The monoisotopic (exact) mass is 475 g/mol. The van der Waals surface area contributed by atoms with Gasteiger partial charge >= 0.3 is 6.18 Å². The summed E-state index contributed by atoms with van der Waals surface area (Å²) in [5.41, 5.74) is 5.76. The van der Waals surface area contributed by atoms with E-state index in [-0.39, 0.29) is 23.2 Å². The lowest BCUT2D eigenvalue weighted by molar-refractivity contribution is -0.137. The van der Waals surface area contributed by atoms with Crippen molar-refractivity contribution in [2.45, 2.75) is 18.6 Å². The fraction of sp³-hybridized carbons (Fsp3) is 0.389. The van der Waals surface area contributed by atoms with E-state index < -0.39 is 17.2 Å². The van der Waals surface area contributed by atoms with Crippen LogP contribution >= 0.6 is 24.8 Å². The van der Waals surface area contributed by atoms with E-state index in [0.29, 0.717) is 17.1 Å². The van der Waals surface area contributed by atoms with Crippen LogP contribution in [-0.2, 0) is 10.9 Å². The van der Waals surface area contributed by atoms with Crippen LogP contribution in [0, 0.1) is 0 Å². The molecule has 0 saturated heterocycles. The maximum Gasteiger partial charge on any atom is 0.416 e. The van der Waals surface area contributed by atoms with Gasteiger partial charge in [-0.2, -0.15) is 23.4 Å². The van der Waals surface area contributed by atoms with E-state index in [9.17, 15) is 13.2 Å². The third-order valence-corrected chi connectivity index (χ3v) is 4.81. The third kappa shape index (κ3) is 6.48. The fourth-order valence-corrected chi connectivity index (χ4v) is 2.66. The summed E-state index contributed by atoms with van der Waals surface area (Å²) in [4.78, 5) is 1.72. The first kappa shape index (κ1) is 24.8. The molecule has 4 N–H and O–H groups in total. The number of nitrogens with zero attached hydrogens (tertiary/aromatic N) is 3. The predicted octanol–water partition coefficient (Wildman–Crippen LogP) is 2.14. The molecule has 0 saturated carbocycles. The molecule has 13 heteroatoms. The van der Waals surface area contributed by atoms with Crippen molar-refractivity contribution in [1.82, 2.24) is 26.4 Å². The lowest BCUT2D eigenvalue weighted by Gasteiger charge is -2.17. The summed E-state index contributed by atoms with van der Waals surface area (Å²) in [7, 11) is 5.06. The Morgan fingerprint density at radius 3 is 2.61 bits per heavy atom. The Labute approximate surface area is 189 Å². The van der Waals surface area contributed by atoms with Crippen molar-refractivity contribution in [2.75, 3.05) is 27.9 Å². The number of hydrazone groups is 2. The average molecular weight is 476 g/mol. The van der Waals surface area contributed by atoms with Gasteiger partial charge in [0.05, 0.1) is 11.3 Å². The SMILES string of the molecule is CNC(=S)N/N=C(C1=C(c2cccc(C(F)(F)F)c2)OCN1C)/C(C)=N/NC(S)NC. The Morgan fingerprint density at radius 1 is 1.29 bits per heavy atom. The van der Waals surface area contributed by atoms with Gasteiger partial charge in [-0.05, 0) is 38.3 Å². The summed E-state index contributed by atoms with van der Waals surface area (Å²) in [6.07, 6.45) is -4.48. The molecule has 1 heterocycles. The highest BCUT2D eigenvalue weighted by Gasteiger charge is 2.33. The number of ether oxygens (including phenoxy) is 1. The molecule has 1 aromatic rings. The normalized spacial score (nSPS) is 16.2. The van der Waals surface area contributed by atoms with Crippen LogP contribution < -0.4 is 21.5 Å². The van der Waals surface area contributed by atoms with Gasteiger partial charge in [0.1, 0.15) is 16.9 Å². The Bertz CT molecular complexity index is 902. The van der Waals surface area contributed by atoms with Gasteiger partial charge in [0.25, 0.3) is 0 Å². The van der Waals surface area contributed by atoms with Crippen molar-refractivity contribution in [3.8, 4) is 0 Å². The van der Waals surface area contributed by atoms with E-state index >= 15 is 0 Å². The number of allylic oxidation sites excluding steroid dienone is 1. The first-order valence-corrected chi connectivity index (χ1v) is 9.98. The number of thiol groups is 1. The van der Waals surface area contributed by atoms with E-state index in [4.69, 9.17) is 17.0 Å². The number of alkyl halides is 3. The molecule has 31 heavy (non-hydrogen) atoms. The summed E-state index contributed by atoms with van der Waals surface area (Å²) >= 11 is 9.32. The van der Waals surface area contributed by atoms with Crippen LogP contribution in [0.25, 0.3) is 5.76 Å².